The average Bonchev–Trinajstić information content (AvgIpc) is 2.85. The predicted molar refractivity (Wildman–Crippen MR) is 68.5 cm³/mol. The van der Waals surface area contributed by atoms with Gasteiger partial charge in [-0.1, -0.05) is 0 Å². The molecule has 0 radical (unpaired) electrons. The number of aromatic nitrogens is 2. The lowest BCUT2D eigenvalue weighted by Crippen LogP contribution is -2.07. The molecule has 18 heavy (non-hydrogen) atoms. The number of hydrogen-bond acceptors (Lipinski definition) is 4. The molecule has 0 aliphatic rings. The van der Waals surface area contributed by atoms with E-state index in [0.717, 1.165) is 16.8 Å². The van der Waals surface area contributed by atoms with Crippen LogP contribution in [0.3, 0.4) is 0 Å². The first kappa shape index (κ1) is 12.1. The second-order valence-electron chi connectivity index (χ2n) is 4.15. The van der Waals surface area contributed by atoms with Gasteiger partial charge in [-0.3, -0.25) is 15.2 Å². The van der Waals surface area contributed by atoms with E-state index in [0.29, 0.717) is 0 Å². The molecule has 6 heteroatoms. The Morgan fingerprint density at radius 1 is 1.50 bits per heavy atom. The molecule has 6 nitrogen and oxygen atoms in total. The number of nitrogens with one attached hydrogen (secondary N) is 2. The molecule has 1 unspecified atom stereocenters. The van der Waals surface area contributed by atoms with Crippen LogP contribution in [0.2, 0.25) is 0 Å². The Bertz CT molecular complexity index is 551. The van der Waals surface area contributed by atoms with Gasteiger partial charge in [-0.15, -0.1) is 0 Å². The minimum atomic E-state index is -0.393. The molecule has 2 N–H and O–H groups in total. The molecule has 0 fully saturated rings. The number of hydrogen-bond donors (Lipinski definition) is 2. The monoisotopic (exact) mass is 246 g/mol. The first-order valence-electron chi connectivity index (χ1n) is 5.58. The molecule has 0 aliphatic carbocycles. The van der Waals surface area contributed by atoms with Crippen molar-refractivity contribution in [2.24, 2.45) is 0 Å². The maximum Gasteiger partial charge on any atom is 0.269 e. The largest absolute Gasteiger partial charge is 0.378 e. The van der Waals surface area contributed by atoms with E-state index in [2.05, 4.69) is 15.5 Å². The molecule has 0 saturated heterocycles. The number of H-pyrrole nitrogens is 1. The van der Waals surface area contributed by atoms with Crippen LogP contribution in [0, 0.1) is 17.0 Å². The molecular weight excluding hydrogens is 232 g/mol. The molecule has 1 atom stereocenters. The Kier molecular flexibility index (Phi) is 3.27. The summed E-state index contributed by atoms with van der Waals surface area (Å²) in [6.07, 6.45) is 3.57. The minimum Gasteiger partial charge on any atom is -0.378 e. The SMILES string of the molecule is Cc1cc([N+](=O)[O-])ccc1NC(C)c1cn[nH]c1. The van der Waals surface area contributed by atoms with Crippen LogP contribution in [-0.4, -0.2) is 15.1 Å². The highest BCUT2D eigenvalue weighted by molar-refractivity contribution is 5.56. The van der Waals surface area contributed by atoms with Crippen LogP contribution in [-0.2, 0) is 0 Å². The Labute approximate surface area is 104 Å². The average molecular weight is 246 g/mol. The van der Waals surface area contributed by atoms with E-state index in [1.807, 2.05) is 20.0 Å². The molecule has 2 rings (SSSR count). The van der Waals surface area contributed by atoms with Gasteiger partial charge in [0.2, 0.25) is 0 Å². The summed E-state index contributed by atoms with van der Waals surface area (Å²) in [6, 6.07) is 4.87. The van der Waals surface area contributed by atoms with Gasteiger partial charge in [-0.05, 0) is 25.5 Å². The van der Waals surface area contributed by atoms with Crippen molar-refractivity contribution in [3.05, 3.63) is 51.8 Å². The second kappa shape index (κ2) is 4.87. The van der Waals surface area contributed by atoms with Gasteiger partial charge in [0, 0.05) is 29.6 Å². The standard InChI is InChI=1S/C12H14N4O2/c1-8-5-11(16(17)18)3-4-12(8)15-9(2)10-6-13-14-7-10/h3-7,9,15H,1-2H3,(H,13,14). The summed E-state index contributed by atoms with van der Waals surface area (Å²) < 4.78 is 0. The third kappa shape index (κ3) is 2.48. The predicted octanol–water partition coefficient (Wildman–Crippen LogP) is 2.80. The highest BCUT2D eigenvalue weighted by Crippen LogP contribution is 2.24. The van der Waals surface area contributed by atoms with Gasteiger partial charge in [-0.2, -0.15) is 5.10 Å². The zero-order valence-electron chi connectivity index (χ0n) is 10.2. The number of benzene rings is 1. The van der Waals surface area contributed by atoms with Crippen LogP contribution in [0.1, 0.15) is 24.1 Å². The number of anilines is 1. The molecule has 0 amide bonds. The maximum atomic E-state index is 10.6. The number of nitrogens with zero attached hydrogens (tertiary/aromatic N) is 2. The topological polar surface area (TPSA) is 83.8 Å². The zero-order valence-corrected chi connectivity index (χ0v) is 10.2. The fourth-order valence-corrected chi connectivity index (χ4v) is 1.74. The Hall–Kier alpha value is -2.37. The number of non-ortho nitro benzene ring substituents is 1. The van der Waals surface area contributed by atoms with Crippen LogP contribution in [0.5, 0.6) is 0 Å². The van der Waals surface area contributed by atoms with Gasteiger partial charge in [-0.25, -0.2) is 0 Å². The first-order chi connectivity index (χ1) is 8.58. The lowest BCUT2D eigenvalue weighted by molar-refractivity contribution is -0.384. The Balaban J connectivity index is 2.17. The van der Waals surface area contributed by atoms with E-state index in [1.54, 1.807) is 18.3 Å². The van der Waals surface area contributed by atoms with Crippen molar-refractivity contribution < 1.29 is 4.92 Å². The third-order valence-corrected chi connectivity index (χ3v) is 2.81. The smallest absolute Gasteiger partial charge is 0.269 e. The van der Waals surface area contributed by atoms with Crippen molar-refractivity contribution >= 4 is 11.4 Å². The van der Waals surface area contributed by atoms with Gasteiger partial charge in [0.25, 0.3) is 5.69 Å². The first-order valence-corrected chi connectivity index (χ1v) is 5.58. The maximum absolute atomic E-state index is 10.6. The number of aromatic amines is 1. The van der Waals surface area contributed by atoms with Crippen LogP contribution < -0.4 is 5.32 Å². The molecule has 0 spiro atoms. The molecule has 94 valence electrons. The molecule has 0 bridgehead atoms. The van der Waals surface area contributed by atoms with Gasteiger partial charge < -0.3 is 5.32 Å². The van der Waals surface area contributed by atoms with E-state index in [1.165, 1.54) is 6.07 Å². The summed E-state index contributed by atoms with van der Waals surface area (Å²) in [4.78, 5) is 10.3. The quantitative estimate of drug-likeness (QED) is 0.641. The van der Waals surface area contributed by atoms with E-state index < -0.39 is 4.92 Å². The van der Waals surface area contributed by atoms with Gasteiger partial charge in [0.1, 0.15) is 0 Å². The molecule has 1 aromatic carbocycles. The molecule has 0 aliphatic heterocycles. The van der Waals surface area contributed by atoms with Crippen molar-refractivity contribution in [1.29, 1.82) is 0 Å². The van der Waals surface area contributed by atoms with Gasteiger partial charge in [0.15, 0.2) is 0 Å². The molecule has 1 heterocycles. The Morgan fingerprint density at radius 2 is 2.28 bits per heavy atom. The van der Waals surface area contributed by atoms with Gasteiger partial charge in [0.05, 0.1) is 17.2 Å². The number of nitro groups is 1. The summed E-state index contributed by atoms with van der Waals surface area (Å²) in [5.41, 5.74) is 2.87. The van der Waals surface area contributed by atoms with Crippen LogP contribution in [0.4, 0.5) is 11.4 Å². The number of nitro benzene ring substituents is 1. The summed E-state index contributed by atoms with van der Waals surface area (Å²) in [5.74, 6) is 0. The summed E-state index contributed by atoms with van der Waals surface area (Å²) in [5, 5.41) is 20.6. The highest BCUT2D eigenvalue weighted by atomic mass is 16.6. The van der Waals surface area contributed by atoms with E-state index in [4.69, 9.17) is 0 Å². The van der Waals surface area contributed by atoms with Crippen LogP contribution in [0.15, 0.2) is 30.6 Å². The van der Waals surface area contributed by atoms with Crippen molar-refractivity contribution in [1.82, 2.24) is 10.2 Å². The normalized spacial score (nSPS) is 12.1. The van der Waals surface area contributed by atoms with Crippen molar-refractivity contribution in [3.63, 3.8) is 0 Å². The number of rotatable bonds is 4. The van der Waals surface area contributed by atoms with Crippen molar-refractivity contribution in [2.75, 3.05) is 5.32 Å². The van der Waals surface area contributed by atoms with E-state index in [9.17, 15) is 10.1 Å². The summed E-state index contributed by atoms with van der Waals surface area (Å²) in [7, 11) is 0. The van der Waals surface area contributed by atoms with Crippen molar-refractivity contribution in [3.8, 4) is 0 Å². The second-order valence-corrected chi connectivity index (χ2v) is 4.15. The third-order valence-electron chi connectivity index (χ3n) is 2.81. The molecule has 2 aromatic rings. The van der Waals surface area contributed by atoms with Crippen LogP contribution >= 0.6 is 0 Å². The lowest BCUT2D eigenvalue weighted by atomic mass is 10.1. The van der Waals surface area contributed by atoms with Crippen LogP contribution in [0.25, 0.3) is 0 Å². The minimum absolute atomic E-state index is 0.0870. The molecular formula is C12H14N4O2. The summed E-state index contributed by atoms with van der Waals surface area (Å²) >= 11 is 0. The highest BCUT2D eigenvalue weighted by Gasteiger charge is 2.11. The summed E-state index contributed by atoms with van der Waals surface area (Å²) in [6.45, 7) is 3.85. The molecule has 1 aromatic heterocycles. The van der Waals surface area contributed by atoms with E-state index >= 15 is 0 Å². The van der Waals surface area contributed by atoms with E-state index in [-0.39, 0.29) is 11.7 Å². The zero-order chi connectivity index (χ0) is 13.1. The Morgan fingerprint density at radius 3 is 2.83 bits per heavy atom. The molecule has 0 saturated carbocycles. The lowest BCUT2D eigenvalue weighted by Gasteiger charge is -2.15. The fourth-order valence-electron chi connectivity index (χ4n) is 1.74. The van der Waals surface area contributed by atoms with Gasteiger partial charge >= 0.3 is 0 Å². The van der Waals surface area contributed by atoms with Crippen molar-refractivity contribution in [2.45, 2.75) is 19.9 Å². The number of aryl methyl sites for hydroxylation is 1. The fraction of sp³-hybridized carbons (Fsp3) is 0.250.